The fraction of sp³-hybridized carbons (Fsp3) is 0.407. The van der Waals surface area contributed by atoms with Crippen molar-refractivity contribution in [1.82, 2.24) is 5.32 Å². The molecule has 0 saturated carbocycles. The van der Waals surface area contributed by atoms with E-state index in [1.807, 2.05) is 6.07 Å². The minimum Gasteiger partial charge on any atom is -0.382 e. The van der Waals surface area contributed by atoms with Crippen LogP contribution in [0.25, 0.3) is 0 Å². The van der Waals surface area contributed by atoms with Gasteiger partial charge in [0.15, 0.2) is 0 Å². The number of alkyl halides is 6. The summed E-state index contributed by atoms with van der Waals surface area (Å²) in [6.07, 6.45) is -13.2. The van der Waals surface area contributed by atoms with Gasteiger partial charge in [-0.2, -0.15) is 26.3 Å². The van der Waals surface area contributed by atoms with Crippen molar-refractivity contribution >= 4 is 46.4 Å². The second-order valence-electron chi connectivity index (χ2n) is 9.51. The molecule has 2 atom stereocenters. The van der Waals surface area contributed by atoms with Crippen LogP contribution in [0, 0.1) is 5.92 Å². The van der Waals surface area contributed by atoms with Crippen LogP contribution in [0.2, 0.25) is 5.02 Å². The van der Waals surface area contributed by atoms with Gasteiger partial charge in [0.25, 0.3) is 5.91 Å². The lowest BCUT2D eigenvalue weighted by atomic mass is 9.97. The highest BCUT2D eigenvalue weighted by molar-refractivity contribution is 6.31. The monoisotopic (exact) mass is 619 g/mol. The van der Waals surface area contributed by atoms with E-state index in [0.717, 1.165) is 6.92 Å². The van der Waals surface area contributed by atoms with E-state index in [0.29, 0.717) is 39.8 Å². The Bertz CT molecular complexity index is 1350. The Morgan fingerprint density at radius 1 is 1.14 bits per heavy atom. The summed E-state index contributed by atoms with van der Waals surface area (Å²) in [7, 11) is 0. The van der Waals surface area contributed by atoms with Crippen LogP contribution in [-0.4, -0.2) is 55.0 Å². The number of amides is 3. The molecule has 0 aliphatic carbocycles. The minimum absolute atomic E-state index is 0.284. The number of anilines is 2. The molecule has 2 aliphatic heterocycles. The van der Waals surface area contributed by atoms with E-state index in [1.165, 1.54) is 4.90 Å². The maximum Gasteiger partial charge on any atom is 0.389 e. The van der Waals surface area contributed by atoms with Crippen LogP contribution < -0.4 is 21.3 Å². The molecule has 42 heavy (non-hydrogen) atoms. The molecule has 8 nitrogen and oxygen atoms in total. The van der Waals surface area contributed by atoms with Crippen LogP contribution in [0.4, 0.5) is 37.7 Å². The fourth-order valence-electron chi connectivity index (χ4n) is 4.32. The third-order valence-corrected chi connectivity index (χ3v) is 6.58. The molecule has 2 unspecified atom stereocenters. The maximum atomic E-state index is 13.5. The fourth-order valence-corrected chi connectivity index (χ4v) is 4.51. The average molecular weight is 620 g/mol. The van der Waals surface area contributed by atoms with E-state index in [9.17, 15) is 40.7 Å². The summed E-state index contributed by atoms with van der Waals surface area (Å²) in [6, 6.07) is 12.2. The van der Waals surface area contributed by atoms with Crippen molar-refractivity contribution in [1.29, 1.82) is 0 Å². The standard InChI is InChI=1S/C24H23ClF3N5O3.C3H5F3/c25-15-4-1-3-13(11-15)19-16-5-2-6-17-20(16)33(10-9-30-17)23(36)21(31-19)32-22(35)14(12-18(29)34)7-8-24(26,27)28;1-2-3(4,5)6/h1-6,11,14,21,30H,7-10,12H2,(H2,29,34)(H,32,35);2H2,1H3. The Balaban J connectivity index is 0.000000730. The number of nitrogens with one attached hydrogen (secondary N) is 2. The highest BCUT2D eigenvalue weighted by Crippen LogP contribution is 2.37. The van der Waals surface area contributed by atoms with Gasteiger partial charge in [-0.25, -0.2) is 4.99 Å². The second-order valence-corrected chi connectivity index (χ2v) is 9.94. The number of primary amides is 1. The lowest BCUT2D eigenvalue weighted by Gasteiger charge is -2.32. The number of hydrogen-bond acceptors (Lipinski definition) is 5. The van der Waals surface area contributed by atoms with E-state index >= 15 is 0 Å². The zero-order chi connectivity index (χ0) is 31.2. The smallest absolute Gasteiger partial charge is 0.382 e. The highest BCUT2D eigenvalue weighted by atomic mass is 35.5. The summed E-state index contributed by atoms with van der Waals surface area (Å²) in [6.45, 7) is 1.82. The van der Waals surface area contributed by atoms with E-state index in [2.05, 4.69) is 15.6 Å². The third-order valence-electron chi connectivity index (χ3n) is 6.34. The molecular formula is C27H28ClF6N5O3. The zero-order valence-electron chi connectivity index (χ0n) is 22.3. The topological polar surface area (TPSA) is 117 Å². The van der Waals surface area contributed by atoms with Gasteiger partial charge < -0.3 is 21.3 Å². The maximum absolute atomic E-state index is 13.5. The molecule has 228 valence electrons. The van der Waals surface area contributed by atoms with Gasteiger partial charge in [-0.15, -0.1) is 0 Å². The average Bonchev–Trinajstić information content (AvgIpc) is 3.02. The Morgan fingerprint density at radius 2 is 1.81 bits per heavy atom. The van der Waals surface area contributed by atoms with Gasteiger partial charge in [0.1, 0.15) is 0 Å². The van der Waals surface area contributed by atoms with Gasteiger partial charge in [-0.05, 0) is 24.6 Å². The van der Waals surface area contributed by atoms with Crippen molar-refractivity contribution in [2.45, 2.75) is 51.1 Å². The third kappa shape index (κ3) is 8.84. The Morgan fingerprint density at radius 3 is 2.40 bits per heavy atom. The van der Waals surface area contributed by atoms with Gasteiger partial charge in [0.2, 0.25) is 18.0 Å². The first-order chi connectivity index (χ1) is 19.6. The van der Waals surface area contributed by atoms with Crippen molar-refractivity contribution in [2.24, 2.45) is 16.6 Å². The summed E-state index contributed by atoms with van der Waals surface area (Å²) in [5.74, 6) is -3.76. The zero-order valence-corrected chi connectivity index (χ0v) is 23.0. The van der Waals surface area contributed by atoms with Crippen molar-refractivity contribution in [3.8, 4) is 0 Å². The highest BCUT2D eigenvalue weighted by Gasteiger charge is 2.38. The lowest BCUT2D eigenvalue weighted by Crippen LogP contribution is -2.51. The first-order valence-electron chi connectivity index (χ1n) is 12.8. The largest absolute Gasteiger partial charge is 0.389 e. The van der Waals surface area contributed by atoms with E-state index in [-0.39, 0.29) is 6.54 Å². The van der Waals surface area contributed by atoms with Crippen LogP contribution in [0.15, 0.2) is 47.5 Å². The van der Waals surface area contributed by atoms with Gasteiger partial charge in [0, 0.05) is 54.4 Å². The van der Waals surface area contributed by atoms with Gasteiger partial charge in [0.05, 0.1) is 17.1 Å². The number of nitrogens with two attached hydrogens (primary N) is 1. The summed E-state index contributed by atoms with van der Waals surface area (Å²) in [4.78, 5) is 44.1. The molecule has 0 fully saturated rings. The molecule has 4 rings (SSSR count). The molecule has 0 aromatic heterocycles. The second kappa shape index (κ2) is 13.4. The van der Waals surface area contributed by atoms with Crippen molar-refractivity contribution in [3.05, 3.63) is 58.6 Å². The molecule has 2 aliphatic rings. The molecule has 2 aromatic rings. The van der Waals surface area contributed by atoms with Gasteiger partial charge in [-0.1, -0.05) is 42.8 Å². The molecule has 15 heteroatoms. The quantitative estimate of drug-likeness (QED) is 0.370. The molecule has 3 amide bonds. The van der Waals surface area contributed by atoms with Crippen LogP contribution >= 0.6 is 11.6 Å². The van der Waals surface area contributed by atoms with Crippen molar-refractivity contribution < 1.29 is 40.7 Å². The van der Waals surface area contributed by atoms with Crippen LogP contribution in [0.1, 0.15) is 43.7 Å². The molecular weight excluding hydrogens is 592 g/mol. The number of benzene rings is 2. The van der Waals surface area contributed by atoms with E-state index < -0.39 is 67.8 Å². The molecule has 0 saturated heterocycles. The van der Waals surface area contributed by atoms with Crippen molar-refractivity contribution in [3.63, 3.8) is 0 Å². The summed E-state index contributed by atoms with van der Waals surface area (Å²) >= 11 is 6.19. The molecule has 0 spiro atoms. The number of carbonyl (C=O) groups excluding carboxylic acids is 3. The number of rotatable bonds is 7. The SMILES string of the molecule is CCC(F)(F)F.NC(=O)CC(CCC(F)(F)F)C(=O)NC1N=C(c2cccc(Cl)c2)c2cccc3c2N(CCN3)C1=O. The molecule has 2 heterocycles. The van der Waals surface area contributed by atoms with Crippen LogP contribution in [0.5, 0.6) is 0 Å². The first-order valence-corrected chi connectivity index (χ1v) is 13.2. The van der Waals surface area contributed by atoms with Gasteiger partial charge in [-0.3, -0.25) is 14.4 Å². The molecule has 4 N–H and O–H groups in total. The lowest BCUT2D eigenvalue weighted by molar-refractivity contribution is -0.143. The number of para-hydroxylation sites is 1. The summed E-state index contributed by atoms with van der Waals surface area (Å²) in [5, 5.41) is 6.13. The van der Waals surface area contributed by atoms with Gasteiger partial charge >= 0.3 is 12.4 Å². The number of hydrogen-bond donors (Lipinski definition) is 3. The number of nitrogens with zero attached hydrogens (tertiary/aromatic N) is 2. The molecule has 2 aromatic carbocycles. The van der Waals surface area contributed by atoms with Crippen LogP contribution in [-0.2, 0) is 14.4 Å². The van der Waals surface area contributed by atoms with Crippen molar-refractivity contribution in [2.75, 3.05) is 23.3 Å². The summed E-state index contributed by atoms with van der Waals surface area (Å²) in [5.41, 5.74) is 8.03. The molecule has 0 bridgehead atoms. The molecule has 0 radical (unpaired) electrons. The predicted octanol–water partition coefficient (Wildman–Crippen LogP) is 5.18. The predicted molar refractivity (Wildman–Crippen MR) is 145 cm³/mol. The Labute approximate surface area is 242 Å². The summed E-state index contributed by atoms with van der Waals surface area (Å²) < 4.78 is 70.8. The van der Waals surface area contributed by atoms with E-state index in [1.54, 1.807) is 36.4 Å². The number of halogens is 7. The normalized spacial score (nSPS) is 17.0. The first kappa shape index (κ1) is 32.7. The number of aliphatic imine (C=N–C) groups is 1. The minimum atomic E-state index is -4.52. The van der Waals surface area contributed by atoms with Crippen LogP contribution in [0.3, 0.4) is 0 Å². The van der Waals surface area contributed by atoms with E-state index in [4.69, 9.17) is 17.3 Å². The Kier molecular flexibility index (Phi) is 10.5. The number of carbonyl (C=O) groups is 3. The Hall–Kier alpha value is -3.81.